The highest BCUT2D eigenvalue weighted by atomic mass is 79.9. The van der Waals surface area contributed by atoms with Crippen molar-refractivity contribution in [1.82, 2.24) is 10.2 Å². The fourth-order valence-corrected chi connectivity index (χ4v) is 3.22. The minimum absolute atomic E-state index is 0.142. The first-order chi connectivity index (χ1) is 10.2. The molecule has 1 saturated heterocycles. The third-order valence-corrected chi connectivity index (χ3v) is 4.46. The smallest absolute Gasteiger partial charge is 0.0644 e. The molecule has 1 fully saturated rings. The van der Waals surface area contributed by atoms with Crippen LogP contribution in [0.1, 0.15) is 24.9 Å². The van der Waals surface area contributed by atoms with Crippen molar-refractivity contribution in [2.24, 2.45) is 0 Å². The Kier molecular flexibility index (Phi) is 7.13. The summed E-state index contributed by atoms with van der Waals surface area (Å²) in [6.45, 7) is 6.53. The summed E-state index contributed by atoms with van der Waals surface area (Å²) >= 11 is 3.54. The van der Waals surface area contributed by atoms with Gasteiger partial charge in [0.05, 0.1) is 25.9 Å². The third-order valence-electron chi connectivity index (χ3n) is 3.97. The van der Waals surface area contributed by atoms with E-state index >= 15 is 0 Å². The fraction of sp³-hybridized carbons (Fsp3) is 0.625. The van der Waals surface area contributed by atoms with Crippen molar-refractivity contribution in [3.8, 4) is 0 Å². The molecule has 1 aliphatic heterocycles. The molecule has 0 aliphatic carbocycles. The molecule has 4 nitrogen and oxygen atoms in total. The molecule has 1 aromatic carbocycles. The first-order valence-electron chi connectivity index (χ1n) is 7.66. The quantitative estimate of drug-likeness (QED) is 0.785. The molecule has 2 unspecified atom stereocenters. The zero-order valence-electron chi connectivity index (χ0n) is 12.6. The Morgan fingerprint density at radius 1 is 1.52 bits per heavy atom. The van der Waals surface area contributed by atoms with Crippen LogP contribution in [0.3, 0.4) is 0 Å². The zero-order chi connectivity index (χ0) is 15.1. The highest BCUT2D eigenvalue weighted by Crippen LogP contribution is 2.22. The van der Waals surface area contributed by atoms with Crippen molar-refractivity contribution in [3.05, 3.63) is 34.3 Å². The largest absolute Gasteiger partial charge is 0.395 e. The van der Waals surface area contributed by atoms with E-state index in [9.17, 15) is 5.11 Å². The molecule has 21 heavy (non-hydrogen) atoms. The number of hydrogen-bond acceptors (Lipinski definition) is 4. The van der Waals surface area contributed by atoms with Gasteiger partial charge in [0.2, 0.25) is 0 Å². The Morgan fingerprint density at radius 2 is 2.38 bits per heavy atom. The summed E-state index contributed by atoms with van der Waals surface area (Å²) in [5.74, 6) is 0. The first-order valence-corrected chi connectivity index (χ1v) is 8.45. The Morgan fingerprint density at radius 3 is 3.10 bits per heavy atom. The van der Waals surface area contributed by atoms with Crippen molar-refractivity contribution in [3.63, 3.8) is 0 Å². The van der Waals surface area contributed by atoms with Crippen LogP contribution in [-0.2, 0) is 4.74 Å². The second kappa shape index (κ2) is 8.86. The Bertz CT molecular complexity index is 430. The number of benzene rings is 1. The molecule has 0 radical (unpaired) electrons. The standard InChI is InChI=1S/C16H25BrN2O2/c1-2-18-16(13-4-3-5-14(17)10-13)6-7-19-8-9-21-12-15(19)11-20/h3-5,10,15-16,18,20H,2,6-9,11-12H2,1H3. The minimum Gasteiger partial charge on any atom is -0.395 e. The predicted octanol–water partition coefficient (Wildman–Crippen LogP) is 2.18. The highest BCUT2D eigenvalue weighted by Gasteiger charge is 2.23. The van der Waals surface area contributed by atoms with Gasteiger partial charge in [-0.15, -0.1) is 0 Å². The van der Waals surface area contributed by atoms with E-state index in [1.54, 1.807) is 0 Å². The van der Waals surface area contributed by atoms with Crippen molar-refractivity contribution in [1.29, 1.82) is 0 Å². The second-order valence-electron chi connectivity index (χ2n) is 5.40. The van der Waals surface area contributed by atoms with Crippen LogP contribution < -0.4 is 5.32 Å². The molecule has 0 bridgehead atoms. The van der Waals surface area contributed by atoms with Gasteiger partial charge in [0.25, 0.3) is 0 Å². The van der Waals surface area contributed by atoms with E-state index in [1.165, 1.54) is 5.56 Å². The number of ether oxygens (including phenoxy) is 1. The molecule has 0 amide bonds. The van der Waals surface area contributed by atoms with Crippen LogP contribution in [-0.4, -0.2) is 55.5 Å². The maximum Gasteiger partial charge on any atom is 0.0644 e. The van der Waals surface area contributed by atoms with Gasteiger partial charge in [-0.05, 0) is 30.7 Å². The lowest BCUT2D eigenvalue weighted by Gasteiger charge is -2.35. The van der Waals surface area contributed by atoms with Crippen LogP contribution in [0.15, 0.2) is 28.7 Å². The van der Waals surface area contributed by atoms with Crippen molar-refractivity contribution in [2.75, 3.05) is 39.5 Å². The van der Waals surface area contributed by atoms with Crippen LogP contribution in [0, 0.1) is 0 Å². The van der Waals surface area contributed by atoms with Gasteiger partial charge in [-0.25, -0.2) is 0 Å². The number of aliphatic hydroxyl groups excluding tert-OH is 1. The van der Waals surface area contributed by atoms with Gasteiger partial charge in [0.15, 0.2) is 0 Å². The number of aliphatic hydroxyl groups is 1. The summed E-state index contributed by atoms with van der Waals surface area (Å²) in [4.78, 5) is 2.34. The number of nitrogens with one attached hydrogen (secondary N) is 1. The van der Waals surface area contributed by atoms with E-state index in [1.807, 2.05) is 0 Å². The molecular weight excluding hydrogens is 332 g/mol. The lowest BCUT2D eigenvalue weighted by atomic mass is 10.0. The molecule has 118 valence electrons. The summed E-state index contributed by atoms with van der Waals surface area (Å²) in [5.41, 5.74) is 1.31. The van der Waals surface area contributed by atoms with Crippen molar-refractivity contribution >= 4 is 15.9 Å². The monoisotopic (exact) mass is 356 g/mol. The molecule has 2 rings (SSSR count). The highest BCUT2D eigenvalue weighted by molar-refractivity contribution is 9.10. The lowest BCUT2D eigenvalue weighted by Crippen LogP contribution is -2.48. The topological polar surface area (TPSA) is 44.7 Å². The van der Waals surface area contributed by atoms with Gasteiger partial charge >= 0.3 is 0 Å². The average Bonchev–Trinajstić information content (AvgIpc) is 2.51. The lowest BCUT2D eigenvalue weighted by molar-refractivity contribution is -0.0286. The third kappa shape index (κ3) is 5.04. The number of rotatable bonds is 7. The summed E-state index contributed by atoms with van der Waals surface area (Å²) in [6, 6.07) is 8.96. The van der Waals surface area contributed by atoms with Gasteiger partial charge in [0.1, 0.15) is 0 Å². The SMILES string of the molecule is CCNC(CCN1CCOCC1CO)c1cccc(Br)c1. The van der Waals surface area contributed by atoms with E-state index in [0.29, 0.717) is 12.6 Å². The number of nitrogens with zero attached hydrogens (tertiary/aromatic N) is 1. The maximum absolute atomic E-state index is 9.44. The second-order valence-corrected chi connectivity index (χ2v) is 6.32. The van der Waals surface area contributed by atoms with Gasteiger partial charge in [-0.1, -0.05) is 35.0 Å². The minimum atomic E-state index is 0.142. The van der Waals surface area contributed by atoms with Gasteiger partial charge < -0.3 is 15.2 Å². The Balaban J connectivity index is 1.96. The predicted molar refractivity (Wildman–Crippen MR) is 88.4 cm³/mol. The van der Waals surface area contributed by atoms with E-state index in [0.717, 1.165) is 37.1 Å². The molecule has 0 spiro atoms. The molecule has 1 heterocycles. The summed E-state index contributed by atoms with van der Waals surface area (Å²) in [6.07, 6.45) is 1.03. The first kappa shape index (κ1) is 16.9. The maximum atomic E-state index is 9.44. The molecule has 2 atom stereocenters. The fourth-order valence-electron chi connectivity index (χ4n) is 2.80. The average molecular weight is 357 g/mol. The molecule has 1 aromatic rings. The van der Waals surface area contributed by atoms with Crippen LogP contribution >= 0.6 is 15.9 Å². The van der Waals surface area contributed by atoms with Crippen LogP contribution in [0.4, 0.5) is 0 Å². The summed E-state index contributed by atoms with van der Waals surface area (Å²) < 4.78 is 6.55. The van der Waals surface area contributed by atoms with E-state index in [-0.39, 0.29) is 12.6 Å². The van der Waals surface area contributed by atoms with Gasteiger partial charge in [0, 0.05) is 23.6 Å². The van der Waals surface area contributed by atoms with Crippen LogP contribution in [0.25, 0.3) is 0 Å². The Labute approximate surface area is 135 Å². The number of morpholine rings is 1. The van der Waals surface area contributed by atoms with E-state index in [4.69, 9.17) is 4.74 Å². The summed E-state index contributed by atoms with van der Waals surface area (Å²) in [5, 5.41) is 13.0. The number of halogens is 1. The molecule has 5 heteroatoms. The summed E-state index contributed by atoms with van der Waals surface area (Å²) in [7, 11) is 0. The zero-order valence-corrected chi connectivity index (χ0v) is 14.2. The van der Waals surface area contributed by atoms with Gasteiger partial charge in [-0.2, -0.15) is 0 Å². The molecular formula is C16H25BrN2O2. The van der Waals surface area contributed by atoms with E-state index < -0.39 is 0 Å². The van der Waals surface area contributed by atoms with Crippen molar-refractivity contribution < 1.29 is 9.84 Å². The molecule has 0 aromatic heterocycles. The molecule has 2 N–H and O–H groups in total. The van der Waals surface area contributed by atoms with Crippen LogP contribution in [0.2, 0.25) is 0 Å². The molecule has 0 saturated carbocycles. The number of hydrogen-bond donors (Lipinski definition) is 2. The normalized spacial score (nSPS) is 21.4. The van der Waals surface area contributed by atoms with Crippen LogP contribution in [0.5, 0.6) is 0 Å². The van der Waals surface area contributed by atoms with Gasteiger partial charge in [-0.3, -0.25) is 4.90 Å². The van der Waals surface area contributed by atoms with Crippen molar-refractivity contribution in [2.45, 2.75) is 25.4 Å². The molecule has 1 aliphatic rings. The Hall–Kier alpha value is -0.460. The van der Waals surface area contributed by atoms with E-state index in [2.05, 4.69) is 57.3 Å².